The van der Waals surface area contributed by atoms with Crippen molar-refractivity contribution >= 4 is 11.6 Å². The van der Waals surface area contributed by atoms with Crippen molar-refractivity contribution in [2.45, 2.75) is 26.2 Å². The second-order valence-electron chi connectivity index (χ2n) is 3.97. The molecule has 0 saturated carbocycles. The Labute approximate surface area is 97.6 Å². The van der Waals surface area contributed by atoms with Gasteiger partial charge in [-0.2, -0.15) is 0 Å². The number of nitrogens with zero attached hydrogens (tertiary/aromatic N) is 1. The molecule has 1 unspecified atom stereocenters. The highest BCUT2D eigenvalue weighted by Crippen LogP contribution is 2.28. The maximum absolute atomic E-state index is 11.6. The lowest BCUT2D eigenvalue weighted by Gasteiger charge is -2.22. The highest BCUT2D eigenvalue weighted by atomic mass is 16.2. The fourth-order valence-corrected chi connectivity index (χ4v) is 1.69. The van der Waals surface area contributed by atoms with E-state index >= 15 is 0 Å². The summed E-state index contributed by atoms with van der Waals surface area (Å²) in [4.78, 5) is 13.2. The highest BCUT2D eigenvalue weighted by Gasteiger charge is 2.14. The van der Waals surface area contributed by atoms with Crippen molar-refractivity contribution in [3.05, 3.63) is 42.5 Å². The zero-order chi connectivity index (χ0) is 12.1. The number of anilines is 1. The van der Waals surface area contributed by atoms with Crippen LogP contribution in [0.15, 0.2) is 36.9 Å². The zero-order valence-electron chi connectivity index (χ0n) is 10.2. The maximum atomic E-state index is 11.6. The summed E-state index contributed by atoms with van der Waals surface area (Å²) in [6.07, 6.45) is 2.40. The summed E-state index contributed by atoms with van der Waals surface area (Å²) < 4.78 is 0. The van der Waals surface area contributed by atoms with E-state index in [2.05, 4.69) is 26.5 Å². The van der Waals surface area contributed by atoms with Crippen molar-refractivity contribution in [3.63, 3.8) is 0 Å². The van der Waals surface area contributed by atoms with Crippen LogP contribution in [0.4, 0.5) is 5.69 Å². The van der Waals surface area contributed by atoms with Gasteiger partial charge < -0.3 is 4.90 Å². The lowest BCUT2D eigenvalue weighted by atomic mass is 9.96. The summed E-state index contributed by atoms with van der Waals surface area (Å²) in [6, 6.07) is 8.02. The van der Waals surface area contributed by atoms with Gasteiger partial charge in [0.05, 0.1) is 0 Å². The SMILES string of the molecule is C=CC(=O)N(C)c1ccccc1C(C)CC. The third kappa shape index (κ3) is 2.51. The molecular weight excluding hydrogens is 198 g/mol. The zero-order valence-corrected chi connectivity index (χ0v) is 10.2. The molecule has 1 aromatic carbocycles. The topological polar surface area (TPSA) is 20.3 Å². The number of carbonyl (C=O) groups excluding carboxylic acids is 1. The number of likely N-dealkylation sites (N-methyl/N-ethyl adjacent to an activating group) is 1. The number of rotatable bonds is 4. The second kappa shape index (κ2) is 5.50. The number of benzene rings is 1. The first-order chi connectivity index (χ1) is 7.61. The second-order valence-corrected chi connectivity index (χ2v) is 3.97. The third-order valence-electron chi connectivity index (χ3n) is 2.95. The van der Waals surface area contributed by atoms with Gasteiger partial charge in [-0.25, -0.2) is 0 Å². The Morgan fingerprint density at radius 3 is 2.69 bits per heavy atom. The van der Waals surface area contributed by atoms with Crippen molar-refractivity contribution < 1.29 is 4.79 Å². The van der Waals surface area contributed by atoms with Crippen molar-refractivity contribution in [1.82, 2.24) is 0 Å². The molecule has 0 N–H and O–H groups in total. The Morgan fingerprint density at radius 2 is 2.12 bits per heavy atom. The van der Waals surface area contributed by atoms with E-state index in [1.54, 1.807) is 11.9 Å². The number of para-hydroxylation sites is 1. The minimum atomic E-state index is -0.0734. The highest BCUT2D eigenvalue weighted by molar-refractivity contribution is 6.01. The largest absolute Gasteiger partial charge is 0.312 e. The fourth-order valence-electron chi connectivity index (χ4n) is 1.69. The molecule has 0 spiro atoms. The number of amides is 1. The molecule has 0 aliphatic rings. The minimum Gasteiger partial charge on any atom is -0.312 e. The molecule has 1 atom stereocenters. The van der Waals surface area contributed by atoms with Gasteiger partial charge in [0.25, 0.3) is 0 Å². The van der Waals surface area contributed by atoms with Gasteiger partial charge in [-0.3, -0.25) is 4.79 Å². The Morgan fingerprint density at radius 1 is 1.50 bits per heavy atom. The molecule has 0 saturated heterocycles. The quantitative estimate of drug-likeness (QED) is 0.708. The van der Waals surface area contributed by atoms with E-state index in [1.807, 2.05) is 18.2 Å². The summed E-state index contributed by atoms with van der Waals surface area (Å²) in [7, 11) is 1.78. The van der Waals surface area contributed by atoms with Crippen molar-refractivity contribution in [2.24, 2.45) is 0 Å². The van der Waals surface area contributed by atoms with Gasteiger partial charge in [-0.05, 0) is 30.0 Å². The van der Waals surface area contributed by atoms with Crippen LogP contribution in [0.5, 0.6) is 0 Å². The fraction of sp³-hybridized carbons (Fsp3) is 0.357. The average Bonchev–Trinajstić information content (AvgIpc) is 2.35. The van der Waals surface area contributed by atoms with Crippen LogP contribution in [0.3, 0.4) is 0 Å². The standard InChI is InChI=1S/C14H19NO/c1-5-11(3)12-9-7-8-10-13(12)15(4)14(16)6-2/h6-11H,2,5H2,1,3-4H3. The van der Waals surface area contributed by atoms with Crippen LogP contribution in [-0.4, -0.2) is 13.0 Å². The van der Waals surface area contributed by atoms with Crippen molar-refractivity contribution in [2.75, 3.05) is 11.9 Å². The molecule has 16 heavy (non-hydrogen) atoms. The third-order valence-corrected chi connectivity index (χ3v) is 2.95. The molecule has 0 bridgehead atoms. The summed E-state index contributed by atoms with van der Waals surface area (Å²) in [5.74, 6) is 0.381. The van der Waals surface area contributed by atoms with Crippen LogP contribution in [0.25, 0.3) is 0 Å². The predicted molar refractivity (Wildman–Crippen MR) is 68.8 cm³/mol. The van der Waals surface area contributed by atoms with Crippen LogP contribution in [0, 0.1) is 0 Å². The molecule has 0 fully saturated rings. The predicted octanol–water partition coefficient (Wildman–Crippen LogP) is 3.35. The molecule has 0 radical (unpaired) electrons. The van der Waals surface area contributed by atoms with Crippen molar-refractivity contribution in [3.8, 4) is 0 Å². The average molecular weight is 217 g/mol. The maximum Gasteiger partial charge on any atom is 0.250 e. The first-order valence-electron chi connectivity index (χ1n) is 5.60. The summed E-state index contributed by atoms with van der Waals surface area (Å²) >= 11 is 0. The van der Waals surface area contributed by atoms with Gasteiger partial charge in [-0.15, -0.1) is 0 Å². The van der Waals surface area contributed by atoms with Crippen LogP contribution in [-0.2, 0) is 4.79 Å². The molecule has 86 valence electrons. The lowest BCUT2D eigenvalue weighted by molar-refractivity contribution is -0.113. The van der Waals surface area contributed by atoms with E-state index in [9.17, 15) is 4.79 Å². The van der Waals surface area contributed by atoms with Gasteiger partial charge in [0.15, 0.2) is 0 Å². The Kier molecular flexibility index (Phi) is 4.29. The van der Waals surface area contributed by atoms with Gasteiger partial charge in [0.1, 0.15) is 0 Å². The normalized spacial score (nSPS) is 11.9. The Bertz CT molecular complexity index is 384. The van der Waals surface area contributed by atoms with Crippen LogP contribution < -0.4 is 4.90 Å². The van der Waals surface area contributed by atoms with Gasteiger partial charge in [0.2, 0.25) is 5.91 Å². The van der Waals surface area contributed by atoms with E-state index in [0.717, 1.165) is 12.1 Å². The van der Waals surface area contributed by atoms with Crippen molar-refractivity contribution in [1.29, 1.82) is 0 Å². The monoisotopic (exact) mass is 217 g/mol. The summed E-state index contributed by atoms with van der Waals surface area (Å²) in [5.41, 5.74) is 2.18. The number of hydrogen-bond donors (Lipinski definition) is 0. The smallest absolute Gasteiger partial charge is 0.250 e. The first kappa shape index (κ1) is 12.5. The van der Waals surface area contributed by atoms with E-state index < -0.39 is 0 Å². The first-order valence-corrected chi connectivity index (χ1v) is 5.60. The van der Waals surface area contributed by atoms with E-state index in [4.69, 9.17) is 0 Å². The number of hydrogen-bond acceptors (Lipinski definition) is 1. The molecule has 0 aliphatic heterocycles. The lowest BCUT2D eigenvalue weighted by Crippen LogP contribution is -2.25. The Hall–Kier alpha value is -1.57. The molecule has 0 heterocycles. The minimum absolute atomic E-state index is 0.0734. The molecular formula is C14H19NO. The van der Waals surface area contributed by atoms with Gasteiger partial charge in [0, 0.05) is 12.7 Å². The number of carbonyl (C=O) groups is 1. The van der Waals surface area contributed by atoms with E-state index in [-0.39, 0.29) is 5.91 Å². The summed E-state index contributed by atoms with van der Waals surface area (Å²) in [5, 5.41) is 0. The molecule has 1 aromatic rings. The molecule has 1 amide bonds. The van der Waals surface area contributed by atoms with Gasteiger partial charge >= 0.3 is 0 Å². The molecule has 2 nitrogen and oxygen atoms in total. The summed E-state index contributed by atoms with van der Waals surface area (Å²) in [6.45, 7) is 7.83. The Balaban J connectivity index is 3.12. The molecule has 0 aliphatic carbocycles. The van der Waals surface area contributed by atoms with Crippen LogP contribution >= 0.6 is 0 Å². The van der Waals surface area contributed by atoms with Gasteiger partial charge in [-0.1, -0.05) is 38.6 Å². The van der Waals surface area contributed by atoms with E-state index in [1.165, 1.54) is 11.6 Å². The van der Waals surface area contributed by atoms with Crippen LogP contribution in [0.2, 0.25) is 0 Å². The van der Waals surface area contributed by atoms with Crippen LogP contribution in [0.1, 0.15) is 31.7 Å². The molecule has 1 rings (SSSR count). The van der Waals surface area contributed by atoms with E-state index in [0.29, 0.717) is 5.92 Å². The molecule has 0 aromatic heterocycles. The molecule has 2 heteroatoms.